The van der Waals surface area contributed by atoms with Crippen LogP contribution in [0.2, 0.25) is 0 Å². The van der Waals surface area contributed by atoms with Gasteiger partial charge in [-0.2, -0.15) is 0 Å². The molecule has 0 unspecified atom stereocenters. The van der Waals surface area contributed by atoms with Gasteiger partial charge in [-0.05, 0) is 166 Å². The first-order valence-corrected chi connectivity index (χ1v) is 26.1. The summed E-state index contributed by atoms with van der Waals surface area (Å²) in [6.45, 7) is 4.12. The zero-order valence-electron chi connectivity index (χ0n) is 42.5. The molecule has 0 bridgehead atoms. The molecule has 11 aromatic rings. The zero-order chi connectivity index (χ0) is 55.1. The summed E-state index contributed by atoms with van der Waals surface area (Å²) in [5, 5.41) is 20.1. The van der Waals surface area contributed by atoms with Crippen LogP contribution in [0.15, 0.2) is 198 Å². The molecule has 0 fully saturated rings. The summed E-state index contributed by atoms with van der Waals surface area (Å²) in [6, 6.07) is 59.8. The van der Waals surface area contributed by atoms with Crippen molar-refractivity contribution in [2.24, 2.45) is 5.84 Å². The Balaban J connectivity index is 0.000000169. The van der Waals surface area contributed by atoms with Crippen LogP contribution in [0.4, 0.5) is 36.1 Å². The normalized spacial score (nSPS) is 11.7. The van der Waals surface area contributed by atoms with E-state index in [1.54, 1.807) is 24.3 Å². The molecule has 1 aliphatic rings. The van der Waals surface area contributed by atoms with E-state index in [4.69, 9.17) is 10.8 Å². The summed E-state index contributed by atoms with van der Waals surface area (Å²) >= 11 is 8.66. The molecule has 79 heavy (non-hydrogen) atoms. The molecule has 0 radical (unpaired) electrons. The van der Waals surface area contributed by atoms with Gasteiger partial charge in [0, 0.05) is 43.7 Å². The number of hydrazine groups is 1. The number of aryl methyl sites for hydroxylation is 1. The van der Waals surface area contributed by atoms with Crippen LogP contribution in [-0.4, -0.2) is 44.9 Å². The Morgan fingerprint density at radius 2 is 1.33 bits per heavy atom. The van der Waals surface area contributed by atoms with Crippen molar-refractivity contribution in [1.82, 2.24) is 15.0 Å². The van der Waals surface area contributed by atoms with E-state index in [9.17, 15) is 27.9 Å². The van der Waals surface area contributed by atoms with Crippen LogP contribution in [0.3, 0.4) is 0 Å². The molecule has 15 heteroatoms. The third-order valence-electron chi connectivity index (χ3n) is 14.0. The molecule has 9 aromatic carbocycles. The lowest BCUT2D eigenvalue weighted by atomic mass is 9.89. The minimum absolute atomic E-state index is 0.0938. The van der Waals surface area contributed by atoms with E-state index in [2.05, 4.69) is 131 Å². The Kier molecular flexibility index (Phi) is 14.1. The van der Waals surface area contributed by atoms with Gasteiger partial charge in [0.2, 0.25) is 0 Å². The van der Waals surface area contributed by atoms with Crippen molar-refractivity contribution in [2.45, 2.75) is 36.4 Å². The van der Waals surface area contributed by atoms with Crippen LogP contribution in [0.1, 0.15) is 44.3 Å². The minimum atomic E-state index is -4.77. The number of nitrogens with one attached hydrogen (secondary N) is 3. The SMILES string of the molecule is CCN(N)C(=O)c1cc(S)ccc1Nc1cc2cc(-c3cccc4c3Cc3ccccc3-4)c(-c3ccccc3)cc2[nH]1.Cc1c(-c2cccc(OC(F)(F)F)c2)ccc2cc3ccc(Nc4ccc(S)cc4C(=O)O)cc3nc12. The van der Waals surface area contributed by atoms with Gasteiger partial charge in [-0.25, -0.2) is 15.6 Å². The predicted molar refractivity (Wildman–Crippen MR) is 315 cm³/mol. The van der Waals surface area contributed by atoms with Crippen LogP contribution in [-0.2, 0) is 6.42 Å². The second-order valence-corrected chi connectivity index (χ2v) is 20.1. The van der Waals surface area contributed by atoms with Gasteiger partial charge >= 0.3 is 12.3 Å². The molecule has 10 nitrogen and oxygen atoms in total. The molecule has 1 amide bonds. The topological polar surface area (TPSA) is 146 Å². The molecular weight excluding hydrogens is 1040 g/mol. The number of pyridine rings is 1. The Morgan fingerprint density at radius 3 is 2.08 bits per heavy atom. The number of benzene rings is 9. The van der Waals surface area contributed by atoms with Gasteiger partial charge in [0.05, 0.1) is 33.5 Å². The molecule has 0 saturated heterocycles. The maximum Gasteiger partial charge on any atom is 0.573 e. The van der Waals surface area contributed by atoms with Crippen LogP contribution in [0.5, 0.6) is 5.75 Å². The van der Waals surface area contributed by atoms with Crippen LogP contribution >= 0.6 is 25.3 Å². The number of amides is 1. The first kappa shape index (κ1) is 52.1. The lowest BCUT2D eigenvalue weighted by molar-refractivity contribution is -0.274. The maximum atomic E-state index is 13.0. The number of aromatic carboxylic acids is 1. The standard InChI is InChI=1S/C36H30N4OS.C28H19F3N2O3S/c1-2-40(37)36(41)32-20-25(42)15-16-33(32)38-35-19-24-18-31(29(21-34(24)39-35)22-9-4-3-5-10-22)28-14-8-13-27-26-12-7-6-11-23(26)17-30(27)28;1-15-22(16-3-2-4-20(12-16)36-28(29,30)31)9-6-18-11-17-5-7-19(13-25(17)33-26(15)18)32-24-10-8-21(37)14-23(24)27(34)35/h3-16,18-21,38-39,42H,2,17,37H2,1H3;2-14,32,37H,1H3,(H,34,35). The summed E-state index contributed by atoms with van der Waals surface area (Å²) in [7, 11) is 0. The van der Waals surface area contributed by atoms with Gasteiger partial charge in [-0.1, -0.05) is 103 Å². The number of rotatable bonds is 11. The number of nitrogens with zero attached hydrogens (tertiary/aromatic N) is 2. The second-order valence-electron chi connectivity index (χ2n) is 19.1. The fourth-order valence-corrected chi connectivity index (χ4v) is 10.7. The summed E-state index contributed by atoms with van der Waals surface area (Å²) in [4.78, 5) is 34.3. The van der Waals surface area contributed by atoms with E-state index >= 15 is 0 Å². The largest absolute Gasteiger partial charge is 0.573 e. The lowest BCUT2D eigenvalue weighted by Crippen LogP contribution is -2.37. The number of carboxylic acid groups (broad SMARTS) is 1. The molecule has 6 N–H and O–H groups in total. The number of H-pyrrole nitrogens is 1. The minimum Gasteiger partial charge on any atom is -0.478 e. The van der Waals surface area contributed by atoms with Gasteiger partial charge < -0.3 is 25.5 Å². The van der Waals surface area contributed by atoms with Crippen molar-refractivity contribution in [3.05, 3.63) is 216 Å². The van der Waals surface area contributed by atoms with Gasteiger partial charge in [-0.3, -0.25) is 9.80 Å². The molecule has 2 heterocycles. The van der Waals surface area contributed by atoms with E-state index in [0.29, 0.717) is 55.6 Å². The highest BCUT2D eigenvalue weighted by atomic mass is 32.1. The number of hydrogen-bond donors (Lipinski definition) is 7. The number of ether oxygens (including phenoxy) is 1. The third kappa shape index (κ3) is 10.8. The number of carbonyl (C=O) groups excluding carboxylic acids is 1. The van der Waals surface area contributed by atoms with E-state index in [1.807, 2.05) is 68.4 Å². The van der Waals surface area contributed by atoms with Crippen molar-refractivity contribution in [1.29, 1.82) is 0 Å². The number of aromatic nitrogens is 2. The second kappa shape index (κ2) is 21.4. The number of carbonyl (C=O) groups is 2. The van der Waals surface area contributed by atoms with Crippen LogP contribution in [0.25, 0.3) is 77.2 Å². The van der Waals surface area contributed by atoms with E-state index in [1.165, 1.54) is 62.7 Å². The quantitative estimate of drug-likeness (QED) is 0.0223. The van der Waals surface area contributed by atoms with E-state index in [-0.39, 0.29) is 17.2 Å². The number of thiol groups is 2. The number of fused-ring (bicyclic) bond motifs is 6. The Morgan fingerprint density at radius 1 is 0.658 bits per heavy atom. The van der Waals surface area contributed by atoms with Gasteiger partial charge in [-0.15, -0.1) is 38.4 Å². The molecule has 0 atom stereocenters. The smallest absolute Gasteiger partial charge is 0.478 e. The highest BCUT2D eigenvalue weighted by Crippen LogP contribution is 2.45. The molecule has 0 spiro atoms. The fraction of sp³-hybridized carbons (Fsp3) is 0.0781. The van der Waals surface area contributed by atoms with E-state index in [0.717, 1.165) is 56.2 Å². The number of halogens is 3. The number of alkyl halides is 3. The molecule has 12 rings (SSSR count). The Bertz CT molecular complexity index is 4210. The fourth-order valence-electron chi connectivity index (χ4n) is 10.3. The van der Waals surface area contributed by atoms with Crippen molar-refractivity contribution in [2.75, 3.05) is 17.2 Å². The number of anilines is 4. The zero-order valence-corrected chi connectivity index (χ0v) is 44.3. The lowest BCUT2D eigenvalue weighted by Gasteiger charge is -2.17. The number of carboxylic acids is 1. The first-order chi connectivity index (χ1) is 38.1. The molecule has 0 saturated carbocycles. The monoisotopic (exact) mass is 1090 g/mol. The Hall–Kier alpha value is -9.02. The number of hydrogen-bond acceptors (Lipinski definition) is 9. The molecule has 0 aliphatic heterocycles. The van der Waals surface area contributed by atoms with Crippen molar-refractivity contribution >= 4 is 92.7 Å². The predicted octanol–water partition coefficient (Wildman–Crippen LogP) is 16.4. The van der Waals surface area contributed by atoms with Crippen LogP contribution < -0.4 is 21.2 Å². The Labute approximate surface area is 463 Å². The summed E-state index contributed by atoms with van der Waals surface area (Å²) in [5.74, 6) is 5.11. The number of nitrogens with two attached hydrogens (primary N) is 1. The van der Waals surface area contributed by atoms with Crippen LogP contribution in [0, 0.1) is 6.92 Å². The first-order valence-electron chi connectivity index (χ1n) is 25.2. The molecule has 1 aliphatic carbocycles. The van der Waals surface area contributed by atoms with Gasteiger partial charge in [0.25, 0.3) is 5.91 Å². The highest BCUT2D eigenvalue weighted by molar-refractivity contribution is 7.80. The van der Waals surface area contributed by atoms with Crippen molar-refractivity contribution in [3.63, 3.8) is 0 Å². The number of aromatic amines is 1. The highest BCUT2D eigenvalue weighted by Gasteiger charge is 2.31. The van der Waals surface area contributed by atoms with Crippen molar-refractivity contribution < 1.29 is 32.6 Å². The average molecular weight is 1090 g/mol. The average Bonchev–Trinajstić information content (AvgIpc) is 4.18. The third-order valence-corrected chi connectivity index (χ3v) is 14.6. The summed E-state index contributed by atoms with van der Waals surface area (Å²) < 4.78 is 42.2. The molecule has 392 valence electrons. The van der Waals surface area contributed by atoms with E-state index < -0.39 is 12.3 Å². The molecule has 2 aromatic heterocycles. The maximum absolute atomic E-state index is 13.0. The van der Waals surface area contributed by atoms with Crippen molar-refractivity contribution in [3.8, 4) is 50.3 Å². The van der Waals surface area contributed by atoms with Gasteiger partial charge in [0.15, 0.2) is 0 Å². The van der Waals surface area contributed by atoms with Gasteiger partial charge in [0.1, 0.15) is 11.6 Å². The summed E-state index contributed by atoms with van der Waals surface area (Å²) in [5.41, 5.74) is 16.9. The summed E-state index contributed by atoms with van der Waals surface area (Å²) in [6.07, 6.45) is -3.86. The molecular formula is C64H49F3N6O4S2.